The van der Waals surface area contributed by atoms with E-state index < -0.39 is 16.0 Å². The van der Waals surface area contributed by atoms with Gasteiger partial charge in [-0.3, -0.25) is 0 Å². The lowest BCUT2D eigenvalue weighted by molar-refractivity contribution is 0.0576. The Morgan fingerprint density at radius 2 is 2.00 bits per heavy atom. The molecule has 8 nitrogen and oxygen atoms in total. The first-order valence-electron chi connectivity index (χ1n) is 7.72. The van der Waals surface area contributed by atoms with E-state index in [9.17, 15) is 13.2 Å². The zero-order chi connectivity index (χ0) is 17.8. The number of halogens is 1. The van der Waals surface area contributed by atoms with Gasteiger partial charge in [0.25, 0.3) is 10.0 Å². The van der Waals surface area contributed by atoms with E-state index in [-0.39, 0.29) is 40.8 Å². The van der Waals surface area contributed by atoms with Crippen LogP contribution in [0.25, 0.3) is 0 Å². The molecule has 144 valence electrons. The van der Waals surface area contributed by atoms with Crippen LogP contribution in [0.1, 0.15) is 29.0 Å². The molecular weight excluding hydrogens is 372 g/mol. The minimum atomic E-state index is -3.86. The van der Waals surface area contributed by atoms with Crippen LogP contribution in [-0.2, 0) is 19.5 Å². The van der Waals surface area contributed by atoms with Gasteiger partial charge in [0.2, 0.25) is 5.09 Å². The number of aryl methyl sites for hydroxylation is 1. The number of nitrogens with one attached hydrogen (secondary N) is 2. The summed E-state index contributed by atoms with van der Waals surface area (Å²) in [6.45, 7) is 3.87. The Balaban J connectivity index is 0.00000312. The standard InChI is InChI=1S/C15H24N2O6S.ClH/c1-11-12(14(18)22-3)8-13(23-11)24(19,20)17-9-15(10-21-2)4-6-16-7-5-15;/h8,16-17H,4-7,9-10H2,1-3H3;1H. The second-order valence-electron chi connectivity index (χ2n) is 6.03. The third-order valence-corrected chi connectivity index (χ3v) is 5.57. The van der Waals surface area contributed by atoms with Crippen molar-refractivity contribution in [3.63, 3.8) is 0 Å². The summed E-state index contributed by atoms with van der Waals surface area (Å²) in [5.74, 6) is -0.428. The molecule has 0 saturated carbocycles. The van der Waals surface area contributed by atoms with Crippen LogP contribution in [0, 0.1) is 12.3 Å². The molecule has 25 heavy (non-hydrogen) atoms. The highest BCUT2D eigenvalue weighted by atomic mass is 35.5. The molecule has 2 N–H and O–H groups in total. The van der Waals surface area contributed by atoms with E-state index in [0.29, 0.717) is 6.61 Å². The van der Waals surface area contributed by atoms with Crippen molar-refractivity contribution in [2.24, 2.45) is 5.41 Å². The number of sulfonamides is 1. The van der Waals surface area contributed by atoms with Crippen LogP contribution in [0.2, 0.25) is 0 Å². The molecule has 2 heterocycles. The Kier molecular flexibility index (Phi) is 7.88. The summed E-state index contributed by atoms with van der Waals surface area (Å²) in [5.41, 5.74) is -0.147. The monoisotopic (exact) mass is 396 g/mol. The number of methoxy groups -OCH3 is 2. The first kappa shape index (κ1) is 21.9. The molecule has 1 fully saturated rings. The molecule has 10 heteroatoms. The predicted molar refractivity (Wildman–Crippen MR) is 93.6 cm³/mol. The molecule has 1 saturated heterocycles. The van der Waals surface area contributed by atoms with Gasteiger partial charge in [0.15, 0.2) is 0 Å². The van der Waals surface area contributed by atoms with Crippen LogP contribution >= 0.6 is 12.4 Å². The van der Waals surface area contributed by atoms with Gasteiger partial charge < -0.3 is 19.2 Å². The van der Waals surface area contributed by atoms with Crippen molar-refractivity contribution in [3.05, 3.63) is 17.4 Å². The Bertz CT molecular complexity index is 677. The van der Waals surface area contributed by atoms with Gasteiger partial charge in [-0.1, -0.05) is 0 Å². The fourth-order valence-electron chi connectivity index (χ4n) is 2.85. The predicted octanol–water partition coefficient (Wildman–Crippen LogP) is 1.09. The Morgan fingerprint density at radius 1 is 1.36 bits per heavy atom. The summed E-state index contributed by atoms with van der Waals surface area (Å²) in [5, 5.41) is 2.96. The van der Waals surface area contributed by atoms with Crippen LogP contribution in [0.4, 0.5) is 0 Å². The molecule has 1 aromatic heterocycles. The molecule has 0 bridgehead atoms. The summed E-state index contributed by atoms with van der Waals surface area (Å²) < 4.78 is 42.7. The van der Waals surface area contributed by atoms with E-state index in [1.807, 2.05) is 0 Å². The molecule has 0 radical (unpaired) electrons. The van der Waals surface area contributed by atoms with Crippen LogP contribution in [-0.4, -0.2) is 54.8 Å². The van der Waals surface area contributed by atoms with Crippen molar-refractivity contribution in [2.75, 3.05) is 40.5 Å². The average Bonchev–Trinajstić information content (AvgIpc) is 2.96. The zero-order valence-corrected chi connectivity index (χ0v) is 16.2. The van der Waals surface area contributed by atoms with E-state index in [2.05, 4.69) is 14.8 Å². The van der Waals surface area contributed by atoms with Crippen molar-refractivity contribution in [1.29, 1.82) is 0 Å². The van der Waals surface area contributed by atoms with Crippen molar-refractivity contribution >= 4 is 28.4 Å². The molecule has 0 unspecified atom stereocenters. The molecule has 2 rings (SSSR count). The van der Waals surface area contributed by atoms with Crippen molar-refractivity contribution in [1.82, 2.24) is 10.0 Å². The zero-order valence-electron chi connectivity index (χ0n) is 14.6. The van der Waals surface area contributed by atoms with E-state index in [0.717, 1.165) is 25.9 Å². The maximum Gasteiger partial charge on any atom is 0.341 e. The van der Waals surface area contributed by atoms with Crippen molar-refractivity contribution < 1.29 is 27.1 Å². The Hall–Kier alpha value is -1.13. The number of carbonyl (C=O) groups is 1. The topological polar surface area (TPSA) is 107 Å². The first-order valence-corrected chi connectivity index (χ1v) is 9.20. The van der Waals surface area contributed by atoms with E-state index in [1.54, 1.807) is 7.11 Å². The molecule has 0 atom stereocenters. The number of furan rings is 1. The maximum absolute atomic E-state index is 12.5. The summed E-state index contributed by atoms with van der Waals surface area (Å²) in [4.78, 5) is 11.6. The van der Waals surface area contributed by atoms with Gasteiger partial charge in [0, 0.05) is 25.1 Å². The summed E-state index contributed by atoms with van der Waals surface area (Å²) in [6.07, 6.45) is 1.63. The number of rotatable bonds is 7. The van der Waals surface area contributed by atoms with Crippen molar-refractivity contribution in [3.8, 4) is 0 Å². The van der Waals surface area contributed by atoms with Crippen molar-refractivity contribution in [2.45, 2.75) is 24.9 Å². The van der Waals surface area contributed by atoms with Gasteiger partial charge in [-0.15, -0.1) is 12.4 Å². The lowest BCUT2D eigenvalue weighted by Gasteiger charge is -2.36. The van der Waals surface area contributed by atoms with Crippen LogP contribution in [0.5, 0.6) is 0 Å². The molecule has 1 aliphatic heterocycles. The van der Waals surface area contributed by atoms with Gasteiger partial charge in [0.1, 0.15) is 11.3 Å². The summed E-state index contributed by atoms with van der Waals surface area (Å²) in [7, 11) is -1.02. The third-order valence-electron chi connectivity index (χ3n) is 4.32. The summed E-state index contributed by atoms with van der Waals surface area (Å²) in [6, 6.07) is 1.19. The quantitative estimate of drug-likeness (QED) is 0.664. The Morgan fingerprint density at radius 3 is 2.56 bits per heavy atom. The van der Waals surface area contributed by atoms with Crippen LogP contribution in [0.15, 0.2) is 15.6 Å². The SMILES string of the molecule is COCC1(CNS(=O)(=O)c2cc(C(=O)OC)c(C)o2)CCNCC1.Cl. The molecule has 1 aromatic rings. The average molecular weight is 397 g/mol. The fraction of sp³-hybridized carbons (Fsp3) is 0.667. The number of piperidine rings is 1. The highest BCUT2D eigenvalue weighted by Gasteiger charge is 2.34. The minimum absolute atomic E-state index is 0. The van der Waals surface area contributed by atoms with Crippen LogP contribution < -0.4 is 10.0 Å². The van der Waals surface area contributed by atoms with Gasteiger partial charge in [-0.2, -0.15) is 0 Å². The minimum Gasteiger partial charge on any atom is -0.465 e. The van der Waals surface area contributed by atoms with Gasteiger partial charge in [0.05, 0.1) is 13.7 Å². The van der Waals surface area contributed by atoms with Gasteiger partial charge in [-0.25, -0.2) is 17.9 Å². The van der Waals surface area contributed by atoms with E-state index in [4.69, 9.17) is 9.15 Å². The number of hydrogen-bond acceptors (Lipinski definition) is 7. The molecule has 0 amide bonds. The van der Waals surface area contributed by atoms with E-state index >= 15 is 0 Å². The lowest BCUT2D eigenvalue weighted by atomic mass is 9.80. The molecule has 1 aliphatic rings. The molecular formula is C15H25ClN2O6S. The normalized spacial score (nSPS) is 16.9. The Labute approximate surface area is 154 Å². The fourth-order valence-corrected chi connectivity index (χ4v) is 4.00. The molecule has 0 spiro atoms. The maximum atomic E-state index is 12.5. The first-order chi connectivity index (χ1) is 11.3. The van der Waals surface area contributed by atoms with E-state index in [1.165, 1.54) is 20.1 Å². The highest BCUT2D eigenvalue weighted by molar-refractivity contribution is 7.89. The van der Waals surface area contributed by atoms with Gasteiger partial charge in [-0.05, 0) is 32.9 Å². The van der Waals surface area contributed by atoms with Crippen LogP contribution in [0.3, 0.4) is 0 Å². The number of esters is 1. The highest BCUT2D eigenvalue weighted by Crippen LogP contribution is 2.29. The molecule has 0 aliphatic carbocycles. The number of carbonyl (C=O) groups excluding carboxylic acids is 1. The lowest BCUT2D eigenvalue weighted by Crippen LogP contribution is -2.47. The van der Waals surface area contributed by atoms with Gasteiger partial charge >= 0.3 is 5.97 Å². The number of hydrogen-bond donors (Lipinski definition) is 2. The number of ether oxygens (including phenoxy) is 2. The third kappa shape index (κ3) is 5.18. The second-order valence-corrected chi connectivity index (χ2v) is 7.73. The molecule has 0 aromatic carbocycles. The summed E-state index contributed by atoms with van der Waals surface area (Å²) >= 11 is 0. The largest absolute Gasteiger partial charge is 0.465 e. The second kappa shape index (κ2) is 9.00. The smallest absolute Gasteiger partial charge is 0.341 e.